The van der Waals surface area contributed by atoms with Gasteiger partial charge in [-0.1, -0.05) is 18.7 Å². The second kappa shape index (κ2) is 5.34. The predicted molar refractivity (Wildman–Crippen MR) is 54.3 cm³/mol. The van der Waals surface area contributed by atoms with Gasteiger partial charge in [0, 0.05) is 0 Å². The van der Waals surface area contributed by atoms with Crippen molar-refractivity contribution in [3.63, 3.8) is 0 Å². The summed E-state index contributed by atoms with van der Waals surface area (Å²) >= 11 is 0. The van der Waals surface area contributed by atoms with Gasteiger partial charge in [-0.05, 0) is 24.6 Å². The molecule has 0 aliphatic carbocycles. The average Bonchev–Trinajstić information content (AvgIpc) is 2.20. The van der Waals surface area contributed by atoms with Gasteiger partial charge in [-0.3, -0.25) is 0 Å². The number of benzene rings is 1. The first-order valence-corrected chi connectivity index (χ1v) is 4.51. The highest BCUT2D eigenvalue weighted by atomic mass is 19.3. The third-order valence-corrected chi connectivity index (χ3v) is 1.72. The molecule has 0 aromatic heterocycles. The van der Waals surface area contributed by atoms with Crippen LogP contribution in [-0.2, 0) is 0 Å². The first kappa shape index (κ1) is 11.5. The van der Waals surface area contributed by atoms with Gasteiger partial charge in [-0.25, -0.2) is 0 Å². The van der Waals surface area contributed by atoms with E-state index in [4.69, 9.17) is 4.74 Å². The summed E-state index contributed by atoms with van der Waals surface area (Å²) < 4.78 is 33.5. The Kier molecular flexibility index (Phi) is 4.09. The van der Waals surface area contributed by atoms with E-state index in [0.29, 0.717) is 12.4 Å². The van der Waals surface area contributed by atoms with Gasteiger partial charge in [0.1, 0.15) is 0 Å². The van der Waals surface area contributed by atoms with Gasteiger partial charge in [-0.15, -0.1) is 0 Å². The van der Waals surface area contributed by atoms with Crippen molar-refractivity contribution in [1.82, 2.24) is 0 Å². The zero-order chi connectivity index (χ0) is 11.3. The third-order valence-electron chi connectivity index (χ3n) is 1.72. The van der Waals surface area contributed by atoms with Gasteiger partial charge >= 0.3 is 6.61 Å². The largest absolute Gasteiger partial charge is 0.490 e. The molecule has 4 heteroatoms. The number of hydrogen-bond acceptors (Lipinski definition) is 2. The van der Waals surface area contributed by atoms with Gasteiger partial charge in [0.15, 0.2) is 11.5 Å². The number of ether oxygens (including phenoxy) is 2. The third kappa shape index (κ3) is 3.23. The molecule has 15 heavy (non-hydrogen) atoms. The van der Waals surface area contributed by atoms with Crippen LogP contribution in [0.3, 0.4) is 0 Å². The fourth-order valence-electron chi connectivity index (χ4n) is 1.11. The molecule has 1 aromatic carbocycles. The molecule has 0 fully saturated rings. The Bertz CT molecular complexity index is 337. The van der Waals surface area contributed by atoms with Gasteiger partial charge in [-0.2, -0.15) is 8.78 Å². The van der Waals surface area contributed by atoms with Crippen LogP contribution in [0.2, 0.25) is 0 Å². The molecule has 2 nitrogen and oxygen atoms in total. The van der Waals surface area contributed by atoms with Crippen molar-refractivity contribution in [2.75, 3.05) is 6.61 Å². The van der Waals surface area contributed by atoms with Crippen LogP contribution in [-0.4, -0.2) is 13.2 Å². The molecule has 0 heterocycles. The Labute approximate surface area is 87.1 Å². The van der Waals surface area contributed by atoms with Crippen molar-refractivity contribution < 1.29 is 18.3 Å². The smallest absolute Gasteiger partial charge is 0.387 e. The minimum atomic E-state index is -2.85. The Morgan fingerprint density at radius 1 is 1.40 bits per heavy atom. The van der Waals surface area contributed by atoms with E-state index in [1.807, 2.05) is 0 Å². The summed E-state index contributed by atoms with van der Waals surface area (Å²) in [5, 5.41) is 0. The fraction of sp³-hybridized carbons (Fsp3) is 0.273. The summed E-state index contributed by atoms with van der Waals surface area (Å²) in [5.41, 5.74) is 0.792. The van der Waals surface area contributed by atoms with Crippen molar-refractivity contribution in [2.24, 2.45) is 0 Å². The monoisotopic (exact) mass is 214 g/mol. The Morgan fingerprint density at radius 2 is 2.13 bits per heavy atom. The Morgan fingerprint density at radius 3 is 2.67 bits per heavy atom. The fourth-order valence-corrected chi connectivity index (χ4v) is 1.11. The highest BCUT2D eigenvalue weighted by Crippen LogP contribution is 2.30. The molecule has 0 N–H and O–H groups in total. The van der Waals surface area contributed by atoms with Crippen molar-refractivity contribution in [3.05, 3.63) is 30.3 Å². The lowest BCUT2D eigenvalue weighted by molar-refractivity contribution is -0.0514. The van der Waals surface area contributed by atoms with Crippen LogP contribution in [0.4, 0.5) is 8.78 Å². The van der Waals surface area contributed by atoms with Crippen LogP contribution >= 0.6 is 0 Å². The summed E-state index contributed by atoms with van der Waals surface area (Å²) in [4.78, 5) is 0. The highest BCUT2D eigenvalue weighted by Gasteiger charge is 2.10. The molecule has 0 radical (unpaired) electrons. The topological polar surface area (TPSA) is 18.5 Å². The summed E-state index contributed by atoms with van der Waals surface area (Å²) in [6.07, 6.45) is 1.61. The maximum Gasteiger partial charge on any atom is 0.387 e. The van der Waals surface area contributed by atoms with Gasteiger partial charge < -0.3 is 9.47 Å². The molecule has 0 spiro atoms. The molecular weight excluding hydrogens is 202 g/mol. The maximum absolute atomic E-state index is 12.0. The lowest BCUT2D eigenvalue weighted by Gasteiger charge is -2.11. The lowest BCUT2D eigenvalue weighted by Crippen LogP contribution is -2.04. The van der Waals surface area contributed by atoms with E-state index in [1.54, 1.807) is 25.1 Å². The van der Waals surface area contributed by atoms with Crippen LogP contribution < -0.4 is 9.47 Å². The second-order valence-electron chi connectivity index (χ2n) is 2.72. The SMILES string of the molecule is C=Cc1ccc(OC(F)F)c(OCC)c1. The summed E-state index contributed by atoms with van der Waals surface area (Å²) in [7, 11) is 0. The summed E-state index contributed by atoms with van der Waals surface area (Å²) in [6, 6.07) is 4.68. The molecule has 0 atom stereocenters. The van der Waals surface area contributed by atoms with Crippen LogP contribution in [0.25, 0.3) is 6.08 Å². The van der Waals surface area contributed by atoms with E-state index < -0.39 is 6.61 Å². The van der Waals surface area contributed by atoms with Gasteiger partial charge in [0.2, 0.25) is 0 Å². The lowest BCUT2D eigenvalue weighted by atomic mass is 10.2. The molecule has 0 aliphatic heterocycles. The van der Waals surface area contributed by atoms with Gasteiger partial charge in [0.25, 0.3) is 0 Å². The van der Waals surface area contributed by atoms with Crippen LogP contribution in [0.5, 0.6) is 11.5 Å². The molecule has 0 unspecified atom stereocenters. The first-order chi connectivity index (χ1) is 7.17. The predicted octanol–water partition coefficient (Wildman–Crippen LogP) is 3.33. The Hall–Kier alpha value is -1.58. The molecule has 1 aromatic rings. The molecule has 0 amide bonds. The van der Waals surface area contributed by atoms with Crippen LogP contribution in [0.1, 0.15) is 12.5 Å². The average molecular weight is 214 g/mol. The normalized spacial score (nSPS) is 10.1. The van der Waals surface area contributed by atoms with Crippen LogP contribution in [0.15, 0.2) is 24.8 Å². The number of rotatable bonds is 5. The minimum absolute atomic E-state index is 0.0393. The summed E-state index contributed by atoms with van der Waals surface area (Å²) in [5.74, 6) is 0.340. The van der Waals surface area contributed by atoms with Crippen molar-refractivity contribution in [3.8, 4) is 11.5 Å². The molecule has 0 saturated heterocycles. The van der Waals surface area contributed by atoms with E-state index in [-0.39, 0.29) is 5.75 Å². The van der Waals surface area contributed by atoms with Crippen molar-refractivity contribution >= 4 is 6.08 Å². The molecule has 82 valence electrons. The molecule has 0 saturated carbocycles. The molecule has 0 bridgehead atoms. The van der Waals surface area contributed by atoms with Crippen LogP contribution in [0, 0.1) is 0 Å². The zero-order valence-corrected chi connectivity index (χ0v) is 8.37. The van der Waals surface area contributed by atoms with Crippen molar-refractivity contribution in [2.45, 2.75) is 13.5 Å². The Balaban J connectivity index is 2.97. The van der Waals surface area contributed by atoms with Crippen molar-refractivity contribution in [1.29, 1.82) is 0 Å². The maximum atomic E-state index is 12.0. The number of halogens is 2. The minimum Gasteiger partial charge on any atom is -0.490 e. The molecule has 1 rings (SSSR count). The van der Waals surface area contributed by atoms with E-state index in [1.165, 1.54) is 6.07 Å². The van der Waals surface area contributed by atoms with E-state index in [9.17, 15) is 8.78 Å². The zero-order valence-electron chi connectivity index (χ0n) is 8.37. The second-order valence-corrected chi connectivity index (χ2v) is 2.72. The highest BCUT2D eigenvalue weighted by molar-refractivity contribution is 5.54. The van der Waals surface area contributed by atoms with E-state index in [0.717, 1.165) is 5.56 Å². The standard InChI is InChI=1S/C11H12F2O2/c1-3-8-5-6-9(15-11(12)13)10(7-8)14-4-2/h3,5-7,11H,1,4H2,2H3. The van der Waals surface area contributed by atoms with E-state index in [2.05, 4.69) is 11.3 Å². The molecular formula is C11H12F2O2. The first-order valence-electron chi connectivity index (χ1n) is 4.51. The summed E-state index contributed by atoms with van der Waals surface area (Å²) in [6.45, 7) is 2.89. The molecule has 0 aliphatic rings. The van der Waals surface area contributed by atoms with Gasteiger partial charge in [0.05, 0.1) is 6.61 Å². The van der Waals surface area contributed by atoms with E-state index >= 15 is 0 Å². The number of hydrogen-bond donors (Lipinski definition) is 0. The quantitative estimate of drug-likeness (QED) is 0.748. The number of alkyl halides is 2.